The third kappa shape index (κ3) is 1.50. The molecule has 1 amide bonds. The molecule has 1 aliphatic heterocycles. The molecule has 0 aliphatic carbocycles. The average molecular weight is 221 g/mol. The summed E-state index contributed by atoms with van der Waals surface area (Å²) in [6.45, 7) is 0.0119. The predicted molar refractivity (Wildman–Crippen MR) is 49.3 cm³/mol. The standard InChI is InChI=1S/C9H7N3O4/c10-2-6-3-11-16-8(6)12-4-5(9(14)15)1-7(12)13/h3,5H,1,4H2,(H,14,15). The third-order valence-electron chi connectivity index (χ3n) is 2.39. The van der Waals surface area contributed by atoms with E-state index in [-0.39, 0.29) is 30.3 Å². The molecule has 1 aliphatic rings. The summed E-state index contributed by atoms with van der Waals surface area (Å²) in [7, 11) is 0. The molecule has 1 aromatic rings. The first-order valence-electron chi connectivity index (χ1n) is 4.51. The topological polar surface area (TPSA) is 107 Å². The number of hydrogen-bond acceptors (Lipinski definition) is 5. The van der Waals surface area contributed by atoms with Crippen molar-refractivity contribution in [2.24, 2.45) is 5.92 Å². The van der Waals surface area contributed by atoms with Gasteiger partial charge in [-0.2, -0.15) is 5.26 Å². The van der Waals surface area contributed by atoms with Crippen molar-refractivity contribution in [3.05, 3.63) is 11.8 Å². The van der Waals surface area contributed by atoms with Gasteiger partial charge < -0.3 is 9.63 Å². The molecular formula is C9H7N3O4. The molecule has 7 nitrogen and oxygen atoms in total. The minimum Gasteiger partial charge on any atom is -0.481 e. The van der Waals surface area contributed by atoms with Crippen LogP contribution in [-0.2, 0) is 9.59 Å². The molecule has 0 bridgehead atoms. The molecule has 0 spiro atoms. The first-order chi connectivity index (χ1) is 7.63. The SMILES string of the molecule is N#Cc1cnoc1N1CC(C(=O)O)CC1=O. The summed E-state index contributed by atoms with van der Waals surface area (Å²) in [5.41, 5.74) is 0.124. The fourth-order valence-electron chi connectivity index (χ4n) is 1.57. The lowest BCUT2D eigenvalue weighted by Crippen LogP contribution is -2.25. The number of amides is 1. The smallest absolute Gasteiger partial charge is 0.308 e. The highest BCUT2D eigenvalue weighted by Crippen LogP contribution is 2.27. The number of nitriles is 1. The number of aliphatic carboxylic acids is 1. The minimum atomic E-state index is -1.03. The molecule has 82 valence electrons. The van der Waals surface area contributed by atoms with Gasteiger partial charge in [-0.3, -0.25) is 14.5 Å². The zero-order chi connectivity index (χ0) is 11.7. The van der Waals surface area contributed by atoms with Crippen molar-refractivity contribution in [3.63, 3.8) is 0 Å². The number of nitrogens with zero attached hydrogens (tertiary/aromatic N) is 3. The van der Waals surface area contributed by atoms with Crippen LogP contribution >= 0.6 is 0 Å². The van der Waals surface area contributed by atoms with Crippen LogP contribution in [0.3, 0.4) is 0 Å². The molecule has 1 fully saturated rings. The average Bonchev–Trinajstić information content (AvgIpc) is 2.82. The maximum atomic E-state index is 11.5. The van der Waals surface area contributed by atoms with Gasteiger partial charge in [-0.1, -0.05) is 5.16 Å². The summed E-state index contributed by atoms with van der Waals surface area (Å²) in [5, 5.41) is 20.9. The number of carboxylic acids is 1. The Hall–Kier alpha value is -2.36. The Labute approximate surface area is 89.9 Å². The first kappa shape index (κ1) is 10.2. The number of carboxylic acid groups (broad SMARTS) is 1. The quantitative estimate of drug-likeness (QED) is 0.752. The second kappa shape index (κ2) is 3.66. The first-order valence-corrected chi connectivity index (χ1v) is 4.51. The van der Waals surface area contributed by atoms with Gasteiger partial charge in [0.2, 0.25) is 5.91 Å². The van der Waals surface area contributed by atoms with E-state index in [2.05, 4.69) is 5.16 Å². The van der Waals surface area contributed by atoms with Gasteiger partial charge in [-0.15, -0.1) is 0 Å². The summed E-state index contributed by atoms with van der Waals surface area (Å²) < 4.78 is 4.78. The number of carbonyl (C=O) groups is 2. The van der Waals surface area contributed by atoms with E-state index in [9.17, 15) is 9.59 Å². The highest BCUT2D eigenvalue weighted by molar-refractivity contribution is 5.98. The molecular weight excluding hydrogens is 214 g/mol. The molecule has 1 aromatic heterocycles. The van der Waals surface area contributed by atoms with E-state index in [0.29, 0.717) is 0 Å². The number of hydrogen-bond donors (Lipinski definition) is 1. The predicted octanol–water partition coefficient (Wildman–Crippen LogP) is -0.0162. The van der Waals surface area contributed by atoms with E-state index >= 15 is 0 Å². The van der Waals surface area contributed by atoms with Gasteiger partial charge >= 0.3 is 5.97 Å². The lowest BCUT2D eigenvalue weighted by molar-refractivity contribution is -0.141. The van der Waals surface area contributed by atoms with Crippen molar-refractivity contribution in [2.45, 2.75) is 6.42 Å². The molecule has 1 unspecified atom stereocenters. The zero-order valence-electron chi connectivity index (χ0n) is 8.08. The van der Waals surface area contributed by atoms with Crippen LogP contribution in [0.15, 0.2) is 10.7 Å². The van der Waals surface area contributed by atoms with Gasteiger partial charge in [0.1, 0.15) is 11.6 Å². The summed E-state index contributed by atoms with van der Waals surface area (Å²) in [5.74, 6) is -2.14. The lowest BCUT2D eigenvalue weighted by Gasteiger charge is -2.11. The number of rotatable bonds is 2. The molecule has 0 aromatic carbocycles. The summed E-state index contributed by atoms with van der Waals surface area (Å²) >= 11 is 0. The zero-order valence-corrected chi connectivity index (χ0v) is 8.08. The summed E-state index contributed by atoms with van der Waals surface area (Å²) in [6, 6.07) is 1.82. The number of aromatic nitrogens is 1. The monoisotopic (exact) mass is 221 g/mol. The Morgan fingerprint density at radius 1 is 1.75 bits per heavy atom. The van der Waals surface area contributed by atoms with Crippen LogP contribution in [0.1, 0.15) is 12.0 Å². The third-order valence-corrected chi connectivity index (χ3v) is 2.39. The molecule has 7 heteroatoms. The van der Waals surface area contributed by atoms with E-state index in [0.717, 1.165) is 4.90 Å². The van der Waals surface area contributed by atoms with Crippen LogP contribution in [-0.4, -0.2) is 28.7 Å². The fraction of sp³-hybridized carbons (Fsp3) is 0.333. The van der Waals surface area contributed by atoms with Crippen molar-refractivity contribution >= 4 is 17.8 Å². The van der Waals surface area contributed by atoms with Crippen molar-refractivity contribution < 1.29 is 19.2 Å². The summed E-state index contributed by atoms with van der Waals surface area (Å²) in [4.78, 5) is 23.4. The van der Waals surface area contributed by atoms with Crippen molar-refractivity contribution in [1.29, 1.82) is 5.26 Å². The van der Waals surface area contributed by atoms with Crippen molar-refractivity contribution in [3.8, 4) is 6.07 Å². The van der Waals surface area contributed by atoms with E-state index in [1.54, 1.807) is 0 Å². The Balaban J connectivity index is 2.27. The summed E-state index contributed by atoms with van der Waals surface area (Å²) in [6.07, 6.45) is 1.11. The van der Waals surface area contributed by atoms with Crippen LogP contribution in [0, 0.1) is 17.2 Å². The van der Waals surface area contributed by atoms with Crippen LogP contribution in [0.25, 0.3) is 0 Å². The Morgan fingerprint density at radius 2 is 2.50 bits per heavy atom. The van der Waals surface area contributed by atoms with E-state index < -0.39 is 11.9 Å². The number of anilines is 1. The van der Waals surface area contributed by atoms with Gasteiger partial charge in [0.15, 0.2) is 0 Å². The maximum Gasteiger partial charge on any atom is 0.308 e. The molecule has 0 radical (unpaired) electrons. The highest BCUT2D eigenvalue weighted by Gasteiger charge is 2.37. The van der Waals surface area contributed by atoms with E-state index in [1.807, 2.05) is 6.07 Å². The second-order valence-electron chi connectivity index (χ2n) is 3.40. The number of carbonyl (C=O) groups excluding carboxylic acids is 1. The lowest BCUT2D eigenvalue weighted by atomic mass is 10.1. The van der Waals surface area contributed by atoms with Gasteiger partial charge in [-0.05, 0) is 0 Å². The Kier molecular flexibility index (Phi) is 2.32. The molecule has 1 saturated heterocycles. The molecule has 2 rings (SSSR count). The van der Waals surface area contributed by atoms with Crippen molar-refractivity contribution in [1.82, 2.24) is 5.16 Å². The van der Waals surface area contributed by atoms with E-state index in [4.69, 9.17) is 14.9 Å². The highest BCUT2D eigenvalue weighted by atomic mass is 16.5. The molecule has 2 heterocycles. The van der Waals surface area contributed by atoms with Gasteiger partial charge in [0, 0.05) is 13.0 Å². The second-order valence-corrected chi connectivity index (χ2v) is 3.40. The van der Waals surface area contributed by atoms with Crippen LogP contribution in [0.2, 0.25) is 0 Å². The van der Waals surface area contributed by atoms with Crippen molar-refractivity contribution in [2.75, 3.05) is 11.4 Å². The largest absolute Gasteiger partial charge is 0.481 e. The molecule has 1 N–H and O–H groups in total. The van der Waals surface area contributed by atoms with Crippen LogP contribution in [0.5, 0.6) is 0 Å². The maximum absolute atomic E-state index is 11.5. The van der Waals surface area contributed by atoms with Gasteiger partial charge in [-0.25, -0.2) is 0 Å². The van der Waals surface area contributed by atoms with Crippen LogP contribution < -0.4 is 4.90 Å². The van der Waals surface area contributed by atoms with E-state index in [1.165, 1.54) is 6.20 Å². The fourth-order valence-corrected chi connectivity index (χ4v) is 1.57. The Morgan fingerprint density at radius 3 is 3.06 bits per heavy atom. The molecule has 16 heavy (non-hydrogen) atoms. The van der Waals surface area contributed by atoms with Gasteiger partial charge in [0.05, 0.1) is 12.1 Å². The molecule has 1 atom stereocenters. The van der Waals surface area contributed by atoms with Crippen LogP contribution in [0.4, 0.5) is 5.88 Å². The van der Waals surface area contributed by atoms with Gasteiger partial charge in [0.25, 0.3) is 5.88 Å². The normalized spacial score (nSPS) is 19.8. The molecule has 0 saturated carbocycles. The minimum absolute atomic E-state index is 0.0119. The Bertz CT molecular complexity index is 487.